The highest BCUT2D eigenvalue weighted by Gasteiger charge is 2.30. The van der Waals surface area contributed by atoms with E-state index in [9.17, 15) is 14.7 Å². The molecule has 1 amide bonds. The van der Waals surface area contributed by atoms with Gasteiger partial charge in [-0.1, -0.05) is 66.7 Å². The molecule has 0 heterocycles. The Kier molecular flexibility index (Phi) is 10.7. The smallest absolute Gasteiger partial charge is 0.412 e. The number of amides is 1. The normalized spacial score (nSPS) is 12.2. The molecule has 4 rings (SSSR count). The second-order valence-electron chi connectivity index (χ2n) is 8.76. The first kappa shape index (κ1) is 28.8. The van der Waals surface area contributed by atoms with Gasteiger partial charge in [-0.15, -0.1) is 0 Å². The Balaban J connectivity index is 1.64. The molecule has 0 saturated carbocycles. The molecule has 0 aliphatic heterocycles. The number of carbonyl (C=O) groups is 2. The summed E-state index contributed by atoms with van der Waals surface area (Å²) in [5.74, 6) is 0.535. The lowest BCUT2D eigenvalue weighted by atomic mass is 10.0. The van der Waals surface area contributed by atoms with E-state index >= 15 is 0 Å². The molecule has 0 bridgehead atoms. The number of aliphatic hydroxyl groups is 1. The summed E-state index contributed by atoms with van der Waals surface area (Å²) in [6, 6.07) is 29.5. The molecule has 4 aromatic carbocycles. The third kappa shape index (κ3) is 8.14. The van der Waals surface area contributed by atoms with Crippen molar-refractivity contribution in [3.8, 4) is 11.5 Å². The summed E-state index contributed by atoms with van der Waals surface area (Å²) in [6.45, 7) is -0.00356. The predicted molar refractivity (Wildman–Crippen MR) is 156 cm³/mol. The van der Waals surface area contributed by atoms with Gasteiger partial charge in [0.2, 0.25) is 0 Å². The van der Waals surface area contributed by atoms with Gasteiger partial charge in [0.1, 0.15) is 24.2 Å². The molecular formula is C31H31NO7S. The monoisotopic (exact) mass is 561 g/mol. The van der Waals surface area contributed by atoms with Gasteiger partial charge >= 0.3 is 12.1 Å². The molecule has 2 atom stereocenters. The minimum atomic E-state index is -0.914. The number of hydrogen-bond acceptors (Lipinski definition) is 8. The molecule has 40 heavy (non-hydrogen) atoms. The van der Waals surface area contributed by atoms with E-state index in [1.807, 2.05) is 54.6 Å². The van der Waals surface area contributed by atoms with Crippen molar-refractivity contribution in [2.75, 3.05) is 30.9 Å². The van der Waals surface area contributed by atoms with Gasteiger partial charge in [0.15, 0.2) is 6.10 Å². The van der Waals surface area contributed by atoms with Crippen LogP contribution >= 0.6 is 12.6 Å². The first-order chi connectivity index (χ1) is 19.6. The Morgan fingerprint density at radius 3 is 2.38 bits per heavy atom. The number of fused-ring (bicyclic) bond motifs is 1. The SMILES string of the molecule is O=C(CS)OCC[C@H](Oc1ccccc1)[C@@H](OC(=O)Nc1cccc2ccccc12)c1cccc(OCCO)c1. The zero-order valence-corrected chi connectivity index (χ0v) is 22.7. The number of benzene rings is 4. The summed E-state index contributed by atoms with van der Waals surface area (Å²) < 4.78 is 23.2. The number of rotatable bonds is 13. The molecule has 0 aromatic heterocycles. The lowest BCUT2D eigenvalue weighted by Gasteiger charge is -2.28. The van der Waals surface area contributed by atoms with Crippen molar-refractivity contribution >= 4 is 41.2 Å². The molecule has 0 aliphatic carbocycles. The lowest BCUT2D eigenvalue weighted by molar-refractivity contribution is -0.141. The average molecular weight is 562 g/mol. The van der Waals surface area contributed by atoms with Crippen LogP contribution in [0.3, 0.4) is 0 Å². The number of thiol groups is 1. The number of para-hydroxylation sites is 1. The average Bonchev–Trinajstić information content (AvgIpc) is 2.99. The standard InChI is InChI=1S/C31H31NO7S/c33-17-19-36-25-13-6-10-23(20-25)30(28(16-18-37-29(34)21-40)38-24-11-2-1-3-12-24)39-31(35)32-27-15-7-9-22-8-4-5-14-26(22)27/h1-15,20,28,30,33,40H,16-19,21H2,(H,32,35)/t28-,30-/m0/s1. The van der Waals surface area contributed by atoms with Gasteiger partial charge in [0.05, 0.1) is 24.7 Å². The van der Waals surface area contributed by atoms with Gasteiger partial charge in [-0.25, -0.2) is 4.79 Å². The van der Waals surface area contributed by atoms with Crippen LogP contribution in [0.5, 0.6) is 11.5 Å². The van der Waals surface area contributed by atoms with Crippen LogP contribution in [-0.4, -0.2) is 48.8 Å². The van der Waals surface area contributed by atoms with Crippen LogP contribution < -0.4 is 14.8 Å². The summed E-state index contributed by atoms with van der Waals surface area (Å²) in [5, 5.41) is 13.9. The number of aliphatic hydroxyl groups excluding tert-OH is 1. The van der Waals surface area contributed by atoms with Crippen molar-refractivity contribution in [3.05, 3.63) is 103 Å². The molecular weight excluding hydrogens is 530 g/mol. The van der Waals surface area contributed by atoms with E-state index in [2.05, 4.69) is 17.9 Å². The Bertz CT molecular complexity index is 1390. The first-order valence-electron chi connectivity index (χ1n) is 12.8. The van der Waals surface area contributed by atoms with Gasteiger partial charge in [-0.2, -0.15) is 12.6 Å². The zero-order chi connectivity index (χ0) is 28.2. The van der Waals surface area contributed by atoms with Crippen molar-refractivity contribution in [2.24, 2.45) is 0 Å². The fourth-order valence-electron chi connectivity index (χ4n) is 4.17. The van der Waals surface area contributed by atoms with Crippen molar-refractivity contribution in [3.63, 3.8) is 0 Å². The van der Waals surface area contributed by atoms with Crippen molar-refractivity contribution in [1.29, 1.82) is 0 Å². The largest absolute Gasteiger partial charge is 0.491 e. The third-order valence-electron chi connectivity index (χ3n) is 5.97. The van der Waals surface area contributed by atoms with Crippen LogP contribution in [-0.2, 0) is 14.3 Å². The van der Waals surface area contributed by atoms with Crippen LogP contribution in [0.4, 0.5) is 10.5 Å². The highest BCUT2D eigenvalue weighted by molar-refractivity contribution is 7.81. The van der Waals surface area contributed by atoms with Crippen LogP contribution in [0.15, 0.2) is 97.1 Å². The third-order valence-corrected chi connectivity index (χ3v) is 6.23. The summed E-state index contributed by atoms with van der Waals surface area (Å²) in [5.41, 5.74) is 1.20. The second kappa shape index (κ2) is 14.8. The van der Waals surface area contributed by atoms with Crippen LogP contribution in [0.1, 0.15) is 18.1 Å². The number of carbonyl (C=O) groups excluding carboxylic acids is 2. The Labute approximate surface area is 238 Å². The van der Waals surface area contributed by atoms with E-state index in [4.69, 9.17) is 18.9 Å². The molecule has 208 valence electrons. The molecule has 9 heteroatoms. The van der Waals surface area contributed by atoms with E-state index in [-0.39, 0.29) is 32.0 Å². The maximum atomic E-state index is 13.3. The fraction of sp³-hybridized carbons (Fsp3) is 0.226. The van der Waals surface area contributed by atoms with Gasteiger partial charge in [0.25, 0.3) is 0 Å². The van der Waals surface area contributed by atoms with Gasteiger partial charge in [0, 0.05) is 11.8 Å². The molecule has 2 N–H and O–H groups in total. The summed E-state index contributed by atoms with van der Waals surface area (Å²) in [7, 11) is 0. The molecule has 0 radical (unpaired) electrons. The van der Waals surface area contributed by atoms with Crippen LogP contribution in [0.25, 0.3) is 10.8 Å². The zero-order valence-electron chi connectivity index (χ0n) is 21.8. The molecule has 0 fully saturated rings. The van der Waals surface area contributed by atoms with E-state index in [1.54, 1.807) is 42.5 Å². The van der Waals surface area contributed by atoms with Crippen molar-refractivity contribution in [2.45, 2.75) is 18.6 Å². The molecule has 0 saturated heterocycles. The van der Waals surface area contributed by atoms with E-state index in [0.29, 0.717) is 22.7 Å². The summed E-state index contributed by atoms with van der Waals surface area (Å²) in [4.78, 5) is 25.1. The van der Waals surface area contributed by atoms with Gasteiger partial charge < -0.3 is 24.1 Å². The highest BCUT2D eigenvalue weighted by Crippen LogP contribution is 2.31. The molecule has 0 spiro atoms. The summed E-state index contributed by atoms with van der Waals surface area (Å²) in [6.07, 6.45) is -2.11. The number of anilines is 1. The topological polar surface area (TPSA) is 103 Å². The second-order valence-corrected chi connectivity index (χ2v) is 9.08. The molecule has 0 unspecified atom stereocenters. The number of esters is 1. The first-order valence-corrected chi connectivity index (χ1v) is 13.5. The number of hydrogen-bond donors (Lipinski definition) is 3. The fourth-order valence-corrected chi connectivity index (χ4v) is 4.26. The van der Waals surface area contributed by atoms with Crippen LogP contribution in [0.2, 0.25) is 0 Å². The number of nitrogens with one attached hydrogen (secondary N) is 1. The molecule has 8 nitrogen and oxygen atoms in total. The van der Waals surface area contributed by atoms with Crippen molar-refractivity contribution < 1.29 is 33.6 Å². The predicted octanol–water partition coefficient (Wildman–Crippen LogP) is 5.81. The Morgan fingerprint density at radius 1 is 0.850 bits per heavy atom. The highest BCUT2D eigenvalue weighted by atomic mass is 32.1. The number of ether oxygens (including phenoxy) is 4. The summed E-state index contributed by atoms with van der Waals surface area (Å²) >= 11 is 3.96. The quantitative estimate of drug-likeness (QED) is 0.140. The Hall–Kier alpha value is -4.21. The maximum absolute atomic E-state index is 13.3. The molecule has 4 aromatic rings. The minimum absolute atomic E-state index is 0.0302. The lowest BCUT2D eigenvalue weighted by Crippen LogP contribution is -2.32. The van der Waals surface area contributed by atoms with E-state index in [0.717, 1.165) is 10.8 Å². The van der Waals surface area contributed by atoms with Crippen LogP contribution in [0, 0.1) is 0 Å². The molecule has 0 aliphatic rings. The van der Waals surface area contributed by atoms with E-state index in [1.165, 1.54) is 0 Å². The van der Waals surface area contributed by atoms with Crippen molar-refractivity contribution in [1.82, 2.24) is 0 Å². The minimum Gasteiger partial charge on any atom is -0.491 e. The maximum Gasteiger partial charge on any atom is 0.412 e. The Morgan fingerprint density at radius 2 is 1.57 bits per heavy atom. The van der Waals surface area contributed by atoms with Gasteiger partial charge in [-0.3, -0.25) is 10.1 Å². The van der Waals surface area contributed by atoms with Gasteiger partial charge in [-0.05, 0) is 41.3 Å². The van der Waals surface area contributed by atoms with E-state index < -0.39 is 24.3 Å².